The van der Waals surface area contributed by atoms with Crippen molar-refractivity contribution in [1.82, 2.24) is 0 Å². The third kappa shape index (κ3) is 44.3. The van der Waals surface area contributed by atoms with Crippen molar-refractivity contribution in [2.24, 2.45) is 17.8 Å². The molecule has 5 heteroatoms. The summed E-state index contributed by atoms with van der Waals surface area (Å²) in [5.74, 6) is 1.68. The van der Waals surface area contributed by atoms with Gasteiger partial charge >= 0.3 is 0 Å². The second-order valence-electron chi connectivity index (χ2n) is 8.89. The van der Waals surface area contributed by atoms with E-state index in [9.17, 15) is 0 Å². The molecular formula is C27H62O4Ti. The van der Waals surface area contributed by atoms with Crippen LogP contribution in [0.25, 0.3) is 0 Å². The number of rotatable bonds is 15. The van der Waals surface area contributed by atoms with Crippen LogP contribution < -0.4 is 0 Å². The number of hydrogen-bond acceptors (Lipinski definition) is 4. The molecule has 3 atom stereocenters. The van der Waals surface area contributed by atoms with Crippen LogP contribution in [0.4, 0.5) is 0 Å². The summed E-state index contributed by atoms with van der Waals surface area (Å²) in [6.45, 7) is 17.5. The Kier molecular flexibility index (Phi) is 51.8. The van der Waals surface area contributed by atoms with Crippen LogP contribution in [0.3, 0.4) is 0 Å². The van der Waals surface area contributed by atoms with Crippen LogP contribution in [0, 0.1) is 17.8 Å². The fourth-order valence-corrected chi connectivity index (χ4v) is 2.75. The van der Waals surface area contributed by atoms with Gasteiger partial charge in [0.25, 0.3) is 0 Å². The predicted molar refractivity (Wildman–Crippen MR) is 139 cm³/mol. The van der Waals surface area contributed by atoms with E-state index in [2.05, 4.69) is 41.5 Å². The fourth-order valence-electron chi connectivity index (χ4n) is 2.75. The quantitative estimate of drug-likeness (QED) is 0.184. The maximum absolute atomic E-state index is 8.75. The first-order valence-corrected chi connectivity index (χ1v) is 13.3. The molecule has 0 bridgehead atoms. The first-order valence-electron chi connectivity index (χ1n) is 13.3. The first kappa shape index (κ1) is 42.7. The SMILES string of the molecule is CC(C)O.CCCCC(CC)CO.CCCCC(CC)CO.CCCCC(CC)CO.[Ti]. The number of hydrogen-bond donors (Lipinski definition) is 4. The molecule has 0 aliphatic rings. The van der Waals surface area contributed by atoms with Crippen LogP contribution in [-0.4, -0.2) is 46.4 Å². The summed E-state index contributed by atoms with van der Waals surface area (Å²) in [6.07, 6.45) is 14.3. The first-order chi connectivity index (χ1) is 14.8. The van der Waals surface area contributed by atoms with Gasteiger partial charge in [0.2, 0.25) is 0 Å². The molecule has 0 rings (SSSR count). The zero-order valence-corrected chi connectivity index (χ0v) is 24.8. The summed E-state index contributed by atoms with van der Waals surface area (Å²) in [4.78, 5) is 0. The standard InChI is InChI=1S/3C8H18O.C3H8O.Ti/c3*1-3-5-6-8(4-2)7-9;1-3(2)4;/h3*8-9H,3-7H2,1-2H3;3-4H,1-2H3;. The van der Waals surface area contributed by atoms with Gasteiger partial charge in [-0.05, 0) is 50.9 Å². The molecule has 4 nitrogen and oxygen atoms in total. The van der Waals surface area contributed by atoms with Crippen LogP contribution in [0.2, 0.25) is 0 Å². The molecule has 0 saturated heterocycles. The minimum Gasteiger partial charge on any atom is -0.396 e. The van der Waals surface area contributed by atoms with E-state index < -0.39 is 0 Å². The molecule has 0 spiro atoms. The summed E-state index contributed by atoms with van der Waals surface area (Å²) >= 11 is 0. The van der Waals surface area contributed by atoms with Gasteiger partial charge in [0.15, 0.2) is 0 Å². The number of aliphatic hydroxyl groups excluding tert-OH is 4. The topological polar surface area (TPSA) is 80.9 Å². The molecule has 0 aliphatic carbocycles. The Labute approximate surface area is 217 Å². The van der Waals surface area contributed by atoms with Crippen LogP contribution in [0.5, 0.6) is 0 Å². The van der Waals surface area contributed by atoms with E-state index in [0.717, 1.165) is 19.3 Å². The molecule has 0 fully saturated rings. The van der Waals surface area contributed by atoms with Crippen LogP contribution in [-0.2, 0) is 21.7 Å². The molecule has 32 heavy (non-hydrogen) atoms. The summed E-state index contributed by atoms with van der Waals surface area (Å²) in [5.41, 5.74) is 0. The van der Waals surface area contributed by atoms with Crippen LogP contribution in [0.15, 0.2) is 0 Å². The van der Waals surface area contributed by atoms with Gasteiger partial charge < -0.3 is 20.4 Å². The number of unbranched alkanes of at least 4 members (excludes halogenated alkanes) is 3. The van der Waals surface area contributed by atoms with Gasteiger partial charge in [0.1, 0.15) is 0 Å². The third-order valence-electron chi connectivity index (χ3n) is 5.40. The Morgan fingerprint density at radius 1 is 0.500 bits per heavy atom. The molecule has 0 aromatic carbocycles. The Morgan fingerprint density at radius 2 is 0.688 bits per heavy atom. The van der Waals surface area contributed by atoms with Crippen molar-refractivity contribution in [3.05, 3.63) is 0 Å². The average molecular weight is 499 g/mol. The van der Waals surface area contributed by atoms with E-state index in [1.165, 1.54) is 57.8 Å². The molecule has 0 aromatic heterocycles. The average Bonchev–Trinajstić information content (AvgIpc) is 2.77. The van der Waals surface area contributed by atoms with E-state index in [1.54, 1.807) is 13.8 Å². The van der Waals surface area contributed by atoms with Gasteiger partial charge in [-0.25, -0.2) is 0 Å². The predicted octanol–water partition coefficient (Wildman–Crippen LogP) is 6.97. The molecular weight excluding hydrogens is 436 g/mol. The Hall–Kier alpha value is 0.554. The van der Waals surface area contributed by atoms with Crippen LogP contribution in [0.1, 0.15) is 132 Å². The molecule has 0 aromatic rings. The summed E-state index contributed by atoms with van der Waals surface area (Å²) < 4.78 is 0. The molecule has 0 saturated carbocycles. The van der Waals surface area contributed by atoms with E-state index in [-0.39, 0.29) is 27.8 Å². The number of aliphatic hydroxyl groups is 4. The molecule has 4 N–H and O–H groups in total. The molecule has 0 aliphatic heterocycles. The molecule has 198 valence electrons. The van der Waals surface area contributed by atoms with E-state index in [1.807, 2.05) is 0 Å². The van der Waals surface area contributed by atoms with Gasteiger partial charge in [-0.15, -0.1) is 0 Å². The summed E-state index contributed by atoms with van der Waals surface area (Å²) in [6, 6.07) is 0. The molecule has 0 heterocycles. The van der Waals surface area contributed by atoms with Gasteiger partial charge in [-0.1, -0.05) is 99.3 Å². The van der Waals surface area contributed by atoms with Crippen molar-refractivity contribution >= 4 is 0 Å². The zero-order valence-electron chi connectivity index (χ0n) is 23.2. The maximum Gasteiger partial charge on any atom is 0.0483 e. The third-order valence-corrected chi connectivity index (χ3v) is 5.40. The normalized spacial score (nSPS) is 12.7. The van der Waals surface area contributed by atoms with Crippen molar-refractivity contribution in [1.29, 1.82) is 0 Å². The van der Waals surface area contributed by atoms with E-state index in [0.29, 0.717) is 37.6 Å². The Morgan fingerprint density at radius 3 is 0.781 bits per heavy atom. The van der Waals surface area contributed by atoms with Crippen LogP contribution >= 0.6 is 0 Å². The van der Waals surface area contributed by atoms with Crippen molar-refractivity contribution in [2.45, 2.75) is 139 Å². The van der Waals surface area contributed by atoms with Crippen molar-refractivity contribution < 1.29 is 42.1 Å². The van der Waals surface area contributed by atoms with Gasteiger partial charge in [-0.2, -0.15) is 0 Å². The smallest absolute Gasteiger partial charge is 0.0483 e. The second-order valence-corrected chi connectivity index (χ2v) is 8.89. The maximum atomic E-state index is 8.75. The Bertz CT molecular complexity index is 226. The van der Waals surface area contributed by atoms with E-state index in [4.69, 9.17) is 20.4 Å². The van der Waals surface area contributed by atoms with Gasteiger partial charge in [0.05, 0.1) is 0 Å². The fraction of sp³-hybridized carbons (Fsp3) is 1.00. The van der Waals surface area contributed by atoms with Crippen molar-refractivity contribution in [3.8, 4) is 0 Å². The molecule has 3 unspecified atom stereocenters. The summed E-state index contributed by atoms with van der Waals surface area (Å²) in [7, 11) is 0. The minimum atomic E-state index is -0.167. The van der Waals surface area contributed by atoms with E-state index >= 15 is 0 Å². The molecule has 0 radical (unpaired) electrons. The van der Waals surface area contributed by atoms with Gasteiger partial charge in [-0.3, -0.25) is 0 Å². The summed E-state index contributed by atoms with van der Waals surface area (Å²) in [5, 5.41) is 34.3. The van der Waals surface area contributed by atoms with Crippen molar-refractivity contribution in [2.75, 3.05) is 19.8 Å². The minimum absolute atomic E-state index is 0. The Balaban J connectivity index is -0.000000104. The zero-order chi connectivity index (χ0) is 24.9. The second kappa shape index (κ2) is 38.8. The molecule has 0 amide bonds. The van der Waals surface area contributed by atoms with Gasteiger partial charge in [0, 0.05) is 47.6 Å². The largest absolute Gasteiger partial charge is 0.396 e. The monoisotopic (exact) mass is 498 g/mol. The van der Waals surface area contributed by atoms with Crippen molar-refractivity contribution in [3.63, 3.8) is 0 Å².